The number of halogens is 1. The Bertz CT molecular complexity index is 267. The molecule has 12 heavy (non-hydrogen) atoms. The average molecular weight is 186 g/mol. The van der Waals surface area contributed by atoms with Gasteiger partial charge in [-0.2, -0.15) is 0 Å². The van der Waals surface area contributed by atoms with E-state index in [4.69, 9.17) is 21.8 Å². The molecule has 1 aromatic rings. The first-order valence-electron chi connectivity index (χ1n) is 4.26. The Morgan fingerprint density at radius 2 is 2.33 bits per heavy atom. The van der Waals surface area contributed by atoms with Gasteiger partial charge in [0.1, 0.15) is 5.76 Å². The molecule has 1 aromatic heterocycles. The summed E-state index contributed by atoms with van der Waals surface area (Å²) in [5.74, 6) is 1.63. The van der Waals surface area contributed by atoms with Gasteiger partial charge in [0.25, 0.3) is 0 Å². The zero-order valence-corrected chi connectivity index (χ0v) is 7.55. The van der Waals surface area contributed by atoms with Crippen LogP contribution in [0, 0.1) is 5.92 Å². The minimum atomic E-state index is 0.0324. The standard InChI is InChI=1S/C9H12ClNO/c10-9-4-3-8(12-9)7(11)5-6-1-2-6/h3-4,6-7H,1-2,5,11H2. The first-order valence-corrected chi connectivity index (χ1v) is 4.64. The monoisotopic (exact) mass is 185 g/mol. The molecule has 3 heteroatoms. The van der Waals surface area contributed by atoms with Gasteiger partial charge in [0.15, 0.2) is 5.22 Å². The fraction of sp³-hybridized carbons (Fsp3) is 0.556. The molecule has 0 saturated heterocycles. The molecule has 0 aromatic carbocycles. The van der Waals surface area contributed by atoms with Gasteiger partial charge in [-0.25, -0.2) is 0 Å². The number of furan rings is 1. The third-order valence-corrected chi connectivity index (χ3v) is 2.45. The molecule has 0 spiro atoms. The number of hydrogen-bond acceptors (Lipinski definition) is 2. The zero-order chi connectivity index (χ0) is 8.55. The van der Waals surface area contributed by atoms with Crippen LogP contribution in [-0.4, -0.2) is 0 Å². The van der Waals surface area contributed by atoms with Gasteiger partial charge in [0, 0.05) is 0 Å². The highest BCUT2D eigenvalue weighted by Crippen LogP contribution is 2.37. The maximum Gasteiger partial charge on any atom is 0.193 e. The predicted molar refractivity (Wildman–Crippen MR) is 48.0 cm³/mol. The summed E-state index contributed by atoms with van der Waals surface area (Å²) in [7, 11) is 0. The van der Waals surface area contributed by atoms with Crippen LogP contribution in [0.2, 0.25) is 5.22 Å². The first-order chi connectivity index (χ1) is 5.75. The molecule has 2 rings (SSSR count). The molecule has 1 fully saturated rings. The van der Waals surface area contributed by atoms with E-state index in [0.29, 0.717) is 5.22 Å². The van der Waals surface area contributed by atoms with Crippen molar-refractivity contribution in [2.75, 3.05) is 0 Å². The summed E-state index contributed by atoms with van der Waals surface area (Å²) in [5.41, 5.74) is 5.90. The van der Waals surface area contributed by atoms with Crippen LogP contribution >= 0.6 is 11.6 Å². The van der Waals surface area contributed by atoms with Crippen molar-refractivity contribution < 1.29 is 4.42 Å². The third kappa shape index (κ3) is 1.82. The van der Waals surface area contributed by atoms with Crippen molar-refractivity contribution in [3.63, 3.8) is 0 Å². The van der Waals surface area contributed by atoms with E-state index >= 15 is 0 Å². The normalized spacial score (nSPS) is 19.5. The van der Waals surface area contributed by atoms with Crippen molar-refractivity contribution in [1.82, 2.24) is 0 Å². The van der Waals surface area contributed by atoms with Gasteiger partial charge < -0.3 is 10.2 Å². The fourth-order valence-corrected chi connectivity index (χ4v) is 1.51. The van der Waals surface area contributed by atoms with E-state index in [-0.39, 0.29) is 6.04 Å². The van der Waals surface area contributed by atoms with Gasteiger partial charge in [-0.3, -0.25) is 0 Å². The van der Waals surface area contributed by atoms with E-state index in [0.717, 1.165) is 18.1 Å². The quantitative estimate of drug-likeness (QED) is 0.787. The number of nitrogens with two attached hydrogens (primary N) is 1. The molecule has 0 aliphatic heterocycles. The largest absolute Gasteiger partial charge is 0.448 e. The van der Waals surface area contributed by atoms with Crippen LogP contribution in [0.15, 0.2) is 16.5 Å². The highest BCUT2D eigenvalue weighted by Gasteiger charge is 2.25. The Morgan fingerprint density at radius 1 is 1.58 bits per heavy atom. The Kier molecular flexibility index (Phi) is 2.11. The predicted octanol–water partition coefficient (Wildman–Crippen LogP) is 2.73. The molecule has 0 radical (unpaired) electrons. The summed E-state index contributed by atoms with van der Waals surface area (Å²) >= 11 is 5.63. The van der Waals surface area contributed by atoms with Gasteiger partial charge in [0.05, 0.1) is 6.04 Å². The Hall–Kier alpha value is -0.470. The van der Waals surface area contributed by atoms with E-state index in [9.17, 15) is 0 Å². The van der Waals surface area contributed by atoms with E-state index in [1.807, 2.05) is 6.07 Å². The van der Waals surface area contributed by atoms with Crippen molar-refractivity contribution in [1.29, 1.82) is 0 Å². The summed E-state index contributed by atoms with van der Waals surface area (Å²) in [6.45, 7) is 0. The molecular weight excluding hydrogens is 174 g/mol. The van der Waals surface area contributed by atoms with Crippen LogP contribution in [0.25, 0.3) is 0 Å². The second kappa shape index (κ2) is 3.11. The van der Waals surface area contributed by atoms with Crippen LogP contribution in [0.5, 0.6) is 0 Å². The second-order valence-electron chi connectivity index (χ2n) is 3.43. The van der Waals surface area contributed by atoms with Crippen LogP contribution in [0.3, 0.4) is 0 Å². The maximum atomic E-state index is 5.90. The Balaban J connectivity index is 1.97. The van der Waals surface area contributed by atoms with Crippen LogP contribution < -0.4 is 5.73 Å². The summed E-state index contributed by atoms with van der Waals surface area (Å²) in [6, 6.07) is 3.63. The topological polar surface area (TPSA) is 39.2 Å². The van der Waals surface area contributed by atoms with E-state index in [1.54, 1.807) is 6.07 Å². The molecule has 2 nitrogen and oxygen atoms in total. The summed E-state index contributed by atoms with van der Waals surface area (Å²) < 4.78 is 5.21. The third-order valence-electron chi connectivity index (χ3n) is 2.24. The molecule has 1 heterocycles. The summed E-state index contributed by atoms with van der Waals surface area (Å²) in [4.78, 5) is 0. The van der Waals surface area contributed by atoms with Gasteiger partial charge in [-0.05, 0) is 36.1 Å². The van der Waals surface area contributed by atoms with Crippen molar-refractivity contribution >= 4 is 11.6 Å². The fourth-order valence-electron chi connectivity index (χ4n) is 1.36. The smallest absolute Gasteiger partial charge is 0.193 e. The number of rotatable bonds is 3. The van der Waals surface area contributed by atoms with Crippen LogP contribution in [0.1, 0.15) is 31.1 Å². The molecule has 1 unspecified atom stereocenters. The lowest BCUT2D eigenvalue weighted by molar-refractivity contribution is 0.441. The Labute approximate surface area is 76.7 Å². The van der Waals surface area contributed by atoms with Gasteiger partial charge >= 0.3 is 0 Å². The molecule has 1 aliphatic rings. The molecule has 1 saturated carbocycles. The SMILES string of the molecule is NC(CC1CC1)c1ccc(Cl)o1. The van der Waals surface area contributed by atoms with Gasteiger partial charge in [0.2, 0.25) is 0 Å². The molecule has 0 bridgehead atoms. The number of hydrogen-bond donors (Lipinski definition) is 1. The molecule has 1 atom stereocenters. The molecule has 0 amide bonds. The molecule has 66 valence electrons. The first kappa shape index (κ1) is 8.14. The lowest BCUT2D eigenvalue weighted by atomic mass is 10.1. The van der Waals surface area contributed by atoms with Gasteiger partial charge in [-0.15, -0.1) is 0 Å². The van der Waals surface area contributed by atoms with Gasteiger partial charge in [-0.1, -0.05) is 12.8 Å². The van der Waals surface area contributed by atoms with E-state index < -0.39 is 0 Å². The van der Waals surface area contributed by atoms with Crippen molar-refractivity contribution in [3.8, 4) is 0 Å². The van der Waals surface area contributed by atoms with Crippen molar-refractivity contribution in [3.05, 3.63) is 23.1 Å². The summed E-state index contributed by atoms with van der Waals surface area (Å²) in [6.07, 6.45) is 3.67. The zero-order valence-electron chi connectivity index (χ0n) is 6.79. The Morgan fingerprint density at radius 3 is 2.83 bits per heavy atom. The lowest BCUT2D eigenvalue weighted by Crippen LogP contribution is -2.09. The molecular formula is C9H12ClNO. The summed E-state index contributed by atoms with van der Waals surface area (Å²) in [5, 5.41) is 0.427. The minimum absolute atomic E-state index is 0.0324. The van der Waals surface area contributed by atoms with Crippen molar-refractivity contribution in [2.24, 2.45) is 11.7 Å². The van der Waals surface area contributed by atoms with Crippen molar-refractivity contribution in [2.45, 2.75) is 25.3 Å². The highest BCUT2D eigenvalue weighted by atomic mass is 35.5. The van der Waals surface area contributed by atoms with Crippen LogP contribution in [-0.2, 0) is 0 Å². The molecule has 1 aliphatic carbocycles. The lowest BCUT2D eigenvalue weighted by Gasteiger charge is -2.06. The van der Waals surface area contributed by atoms with Crippen LogP contribution in [0.4, 0.5) is 0 Å². The maximum absolute atomic E-state index is 5.90. The van der Waals surface area contributed by atoms with E-state index in [2.05, 4.69) is 0 Å². The average Bonchev–Trinajstić information content (AvgIpc) is 2.72. The van der Waals surface area contributed by atoms with E-state index in [1.165, 1.54) is 12.8 Å². The second-order valence-corrected chi connectivity index (χ2v) is 3.80. The highest BCUT2D eigenvalue weighted by molar-refractivity contribution is 6.28. The molecule has 2 N–H and O–H groups in total. The minimum Gasteiger partial charge on any atom is -0.448 e.